The number of carbonyl (C=O) groups is 1. The first-order valence-corrected chi connectivity index (χ1v) is 8.43. The van der Waals surface area contributed by atoms with Gasteiger partial charge in [0.05, 0.1) is 33.8 Å². The second kappa shape index (κ2) is 6.06. The van der Waals surface area contributed by atoms with Gasteiger partial charge in [0.1, 0.15) is 5.69 Å². The normalized spacial score (nSPS) is 11.1. The number of amides is 1. The molecule has 0 fully saturated rings. The summed E-state index contributed by atoms with van der Waals surface area (Å²) >= 11 is 0. The third-order valence-electron chi connectivity index (χ3n) is 4.34. The van der Waals surface area contributed by atoms with Gasteiger partial charge < -0.3 is 4.40 Å². The van der Waals surface area contributed by atoms with E-state index in [9.17, 15) is 4.79 Å². The molecule has 0 radical (unpaired) electrons. The number of nitrogens with one attached hydrogen (secondary N) is 2. The van der Waals surface area contributed by atoms with Crippen molar-refractivity contribution >= 4 is 39.3 Å². The zero-order valence-electron chi connectivity index (χ0n) is 14.1. The van der Waals surface area contributed by atoms with Crippen LogP contribution in [0.1, 0.15) is 10.5 Å². The van der Waals surface area contributed by atoms with Crippen molar-refractivity contribution in [2.24, 2.45) is 0 Å². The van der Waals surface area contributed by atoms with E-state index >= 15 is 0 Å². The van der Waals surface area contributed by atoms with Gasteiger partial charge in [-0.25, -0.2) is 9.97 Å². The van der Waals surface area contributed by atoms with Gasteiger partial charge in [0.2, 0.25) is 0 Å². The minimum Gasteiger partial charge on any atom is -0.312 e. The SMILES string of the molecule is O=C(NNc1nc2ccccc2n2cccc12)c1cnc2ccccc2n1. The van der Waals surface area contributed by atoms with Gasteiger partial charge in [-0.3, -0.25) is 20.6 Å². The lowest BCUT2D eigenvalue weighted by Crippen LogP contribution is -2.30. The van der Waals surface area contributed by atoms with Gasteiger partial charge in [-0.1, -0.05) is 24.3 Å². The van der Waals surface area contributed by atoms with Crippen LogP contribution >= 0.6 is 0 Å². The van der Waals surface area contributed by atoms with Crippen molar-refractivity contribution in [2.45, 2.75) is 0 Å². The van der Waals surface area contributed by atoms with E-state index < -0.39 is 0 Å². The second-order valence-corrected chi connectivity index (χ2v) is 6.04. The maximum atomic E-state index is 12.5. The molecule has 0 bridgehead atoms. The van der Waals surface area contributed by atoms with E-state index in [2.05, 4.69) is 25.8 Å². The minimum atomic E-state index is -0.382. The van der Waals surface area contributed by atoms with Crippen molar-refractivity contribution in [3.05, 3.63) is 78.8 Å². The predicted molar refractivity (Wildman–Crippen MR) is 103 cm³/mol. The first kappa shape index (κ1) is 15.3. The molecule has 1 amide bonds. The minimum absolute atomic E-state index is 0.230. The first-order valence-electron chi connectivity index (χ1n) is 8.43. The Bertz CT molecular complexity index is 1310. The Hall–Kier alpha value is -4.00. The lowest BCUT2D eigenvalue weighted by Gasteiger charge is -2.11. The average Bonchev–Trinajstić information content (AvgIpc) is 3.22. The summed E-state index contributed by atoms with van der Waals surface area (Å²) in [5, 5.41) is 0. The van der Waals surface area contributed by atoms with Crippen molar-refractivity contribution in [1.29, 1.82) is 0 Å². The molecule has 0 saturated heterocycles. The summed E-state index contributed by atoms with van der Waals surface area (Å²) in [7, 11) is 0. The highest BCUT2D eigenvalue weighted by atomic mass is 16.2. The van der Waals surface area contributed by atoms with Crippen LogP contribution in [0.5, 0.6) is 0 Å². The number of hydrogen-bond donors (Lipinski definition) is 2. The van der Waals surface area contributed by atoms with E-state index in [0.717, 1.165) is 22.1 Å². The second-order valence-electron chi connectivity index (χ2n) is 6.04. The molecule has 2 aromatic carbocycles. The van der Waals surface area contributed by atoms with Crippen LogP contribution in [-0.2, 0) is 0 Å². The molecule has 7 nitrogen and oxygen atoms in total. The molecule has 5 rings (SSSR count). The smallest absolute Gasteiger partial charge is 0.289 e. The van der Waals surface area contributed by atoms with Gasteiger partial charge in [-0.2, -0.15) is 0 Å². The average molecular weight is 354 g/mol. The van der Waals surface area contributed by atoms with Crippen LogP contribution in [-0.4, -0.2) is 25.3 Å². The molecular weight excluding hydrogens is 340 g/mol. The predicted octanol–water partition coefficient (Wildman–Crippen LogP) is 3.19. The fourth-order valence-electron chi connectivity index (χ4n) is 3.06. The molecular formula is C20H14N6O. The molecule has 7 heteroatoms. The fourth-order valence-corrected chi connectivity index (χ4v) is 3.06. The molecule has 5 aromatic rings. The fraction of sp³-hybridized carbons (Fsp3) is 0. The van der Waals surface area contributed by atoms with Crippen LogP contribution in [0.4, 0.5) is 5.82 Å². The largest absolute Gasteiger partial charge is 0.312 e. The maximum absolute atomic E-state index is 12.5. The summed E-state index contributed by atoms with van der Waals surface area (Å²) in [6.07, 6.45) is 3.42. The molecule has 3 aromatic heterocycles. The Labute approximate surface area is 153 Å². The number of para-hydroxylation sites is 4. The van der Waals surface area contributed by atoms with Crippen molar-refractivity contribution in [1.82, 2.24) is 24.8 Å². The van der Waals surface area contributed by atoms with Gasteiger partial charge in [0.15, 0.2) is 5.82 Å². The number of benzene rings is 2. The summed E-state index contributed by atoms with van der Waals surface area (Å²) in [5.41, 5.74) is 9.89. The number of nitrogens with zero attached hydrogens (tertiary/aromatic N) is 4. The van der Waals surface area contributed by atoms with Gasteiger partial charge >= 0.3 is 0 Å². The highest BCUT2D eigenvalue weighted by Gasteiger charge is 2.11. The molecule has 3 heterocycles. The molecule has 0 saturated carbocycles. The van der Waals surface area contributed by atoms with Crippen LogP contribution in [0.2, 0.25) is 0 Å². The van der Waals surface area contributed by atoms with E-state index in [-0.39, 0.29) is 11.6 Å². The van der Waals surface area contributed by atoms with Gasteiger partial charge in [0, 0.05) is 6.20 Å². The number of rotatable bonds is 3. The summed E-state index contributed by atoms with van der Waals surface area (Å²) in [5.74, 6) is 0.175. The molecule has 0 unspecified atom stereocenters. The Kier molecular flexibility index (Phi) is 3.43. The zero-order valence-corrected chi connectivity index (χ0v) is 14.1. The van der Waals surface area contributed by atoms with Crippen molar-refractivity contribution in [3.63, 3.8) is 0 Å². The summed E-state index contributed by atoms with van der Waals surface area (Å²) in [4.78, 5) is 25.7. The Balaban J connectivity index is 1.46. The number of carbonyl (C=O) groups excluding carboxylic acids is 1. The van der Waals surface area contributed by atoms with Gasteiger partial charge in [0.25, 0.3) is 5.91 Å². The molecule has 0 atom stereocenters. The Morgan fingerprint density at radius 1 is 0.815 bits per heavy atom. The Morgan fingerprint density at radius 2 is 1.56 bits per heavy atom. The van der Waals surface area contributed by atoms with Crippen molar-refractivity contribution in [3.8, 4) is 0 Å². The lowest BCUT2D eigenvalue weighted by atomic mass is 10.3. The van der Waals surface area contributed by atoms with E-state index in [1.807, 2.05) is 71.3 Å². The van der Waals surface area contributed by atoms with Crippen LogP contribution in [0.25, 0.3) is 27.6 Å². The highest BCUT2D eigenvalue weighted by Crippen LogP contribution is 2.21. The molecule has 27 heavy (non-hydrogen) atoms. The third-order valence-corrected chi connectivity index (χ3v) is 4.34. The zero-order chi connectivity index (χ0) is 18.2. The summed E-state index contributed by atoms with van der Waals surface area (Å²) < 4.78 is 2.02. The highest BCUT2D eigenvalue weighted by molar-refractivity contribution is 5.95. The van der Waals surface area contributed by atoms with E-state index in [1.54, 1.807) is 0 Å². The molecule has 2 N–H and O–H groups in total. The van der Waals surface area contributed by atoms with Crippen LogP contribution in [0.15, 0.2) is 73.1 Å². The topological polar surface area (TPSA) is 84.2 Å². The Morgan fingerprint density at radius 3 is 2.44 bits per heavy atom. The van der Waals surface area contributed by atoms with E-state index in [0.29, 0.717) is 11.3 Å². The monoisotopic (exact) mass is 354 g/mol. The van der Waals surface area contributed by atoms with Crippen molar-refractivity contribution in [2.75, 3.05) is 5.43 Å². The molecule has 0 aliphatic heterocycles. The molecule has 0 spiro atoms. The lowest BCUT2D eigenvalue weighted by molar-refractivity contribution is 0.0957. The molecule has 0 aliphatic carbocycles. The number of fused-ring (bicyclic) bond motifs is 4. The number of aromatic nitrogens is 4. The van der Waals surface area contributed by atoms with Gasteiger partial charge in [-0.05, 0) is 36.4 Å². The quantitative estimate of drug-likeness (QED) is 0.486. The molecule has 0 aliphatic rings. The van der Waals surface area contributed by atoms with Crippen LogP contribution < -0.4 is 10.9 Å². The van der Waals surface area contributed by atoms with E-state index in [4.69, 9.17) is 0 Å². The van der Waals surface area contributed by atoms with E-state index in [1.165, 1.54) is 6.20 Å². The number of hydrogen-bond acceptors (Lipinski definition) is 5. The first-order chi connectivity index (χ1) is 13.3. The molecule has 130 valence electrons. The maximum Gasteiger partial charge on any atom is 0.289 e. The van der Waals surface area contributed by atoms with Crippen LogP contribution in [0, 0.1) is 0 Å². The summed E-state index contributed by atoms with van der Waals surface area (Å²) in [6.45, 7) is 0. The number of anilines is 1. The van der Waals surface area contributed by atoms with Crippen molar-refractivity contribution < 1.29 is 4.79 Å². The third kappa shape index (κ3) is 2.62. The van der Waals surface area contributed by atoms with Gasteiger partial charge in [-0.15, -0.1) is 0 Å². The van der Waals surface area contributed by atoms with Crippen LogP contribution in [0.3, 0.4) is 0 Å². The standard InChI is InChI=1S/C20H14N6O/c27-20(16-12-21-13-6-1-2-7-14(13)22-16)25-24-19-18-10-5-11-26(18)17-9-4-3-8-15(17)23-19/h1-12H,(H,23,24)(H,25,27). The summed E-state index contributed by atoms with van der Waals surface area (Å²) in [6, 6.07) is 19.1. The number of hydrazine groups is 1.